The van der Waals surface area contributed by atoms with Gasteiger partial charge < -0.3 is 14.8 Å². The number of nitrogens with one attached hydrogen (secondary N) is 1. The summed E-state index contributed by atoms with van der Waals surface area (Å²) in [6.07, 6.45) is 0.744. The molecule has 0 radical (unpaired) electrons. The molecular weight excluding hydrogens is 342 g/mol. The first kappa shape index (κ1) is 18.5. The van der Waals surface area contributed by atoms with Gasteiger partial charge in [-0.15, -0.1) is 0 Å². The third kappa shape index (κ3) is 4.47. The SMILES string of the molecule is COc1ccc(CCNC(=O)c2cc(C)n(-c3ccc(OC)cc3)n2)cc1. The Labute approximate surface area is 158 Å². The maximum absolute atomic E-state index is 12.4. The van der Waals surface area contributed by atoms with Crippen molar-refractivity contribution < 1.29 is 14.3 Å². The van der Waals surface area contributed by atoms with Crippen LogP contribution in [0.2, 0.25) is 0 Å². The molecule has 1 aromatic heterocycles. The largest absolute Gasteiger partial charge is 0.497 e. The van der Waals surface area contributed by atoms with E-state index in [0.29, 0.717) is 12.2 Å². The second-order valence-electron chi connectivity index (χ2n) is 6.13. The highest BCUT2D eigenvalue weighted by Gasteiger charge is 2.13. The average Bonchev–Trinajstić information content (AvgIpc) is 3.10. The van der Waals surface area contributed by atoms with E-state index in [2.05, 4.69) is 10.4 Å². The molecule has 6 nitrogen and oxygen atoms in total. The number of nitrogens with zero attached hydrogens (tertiary/aromatic N) is 2. The molecule has 0 bridgehead atoms. The van der Waals surface area contributed by atoms with Gasteiger partial charge in [-0.05, 0) is 61.4 Å². The van der Waals surface area contributed by atoms with Gasteiger partial charge >= 0.3 is 0 Å². The number of aryl methyl sites for hydroxylation is 1. The van der Waals surface area contributed by atoms with E-state index in [1.54, 1.807) is 25.0 Å². The van der Waals surface area contributed by atoms with Crippen LogP contribution in [0, 0.1) is 6.92 Å². The molecule has 0 fully saturated rings. The lowest BCUT2D eigenvalue weighted by Crippen LogP contribution is -2.26. The van der Waals surface area contributed by atoms with Gasteiger partial charge in [0, 0.05) is 12.2 Å². The van der Waals surface area contributed by atoms with E-state index in [0.717, 1.165) is 34.9 Å². The number of aromatic nitrogens is 2. The number of benzene rings is 2. The Morgan fingerprint density at radius 1 is 1.00 bits per heavy atom. The van der Waals surface area contributed by atoms with Crippen molar-refractivity contribution in [1.82, 2.24) is 15.1 Å². The van der Waals surface area contributed by atoms with Gasteiger partial charge in [-0.2, -0.15) is 5.10 Å². The van der Waals surface area contributed by atoms with Gasteiger partial charge in [0.1, 0.15) is 11.5 Å². The summed E-state index contributed by atoms with van der Waals surface area (Å²) >= 11 is 0. The molecule has 1 N–H and O–H groups in total. The molecule has 0 saturated heterocycles. The van der Waals surface area contributed by atoms with Crippen LogP contribution in [-0.2, 0) is 6.42 Å². The lowest BCUT2D eigenvalue weighted by molar-refractivity contribution is 0.0948. The van der Waals surface area contributed by atoms with Crippen molar-refractivity contribution in [3.63, 3.8) is 0 Å². The monoisotopic (exact) mass is 365 g/mol. The normalized spacial score (nSPS) is 10.5. The third-order valence-electron chi connectivity index (χ3n) is 4.30. The van der Waals surface area contributed by atoms with Gasteiger partial charge in [0.15, 0.2) is 5.69 Å². The van der Waals surface area contributed by atoms with E-state index in [1.165, 1.54) is 0 Å². The number of hydrogen-bond donors (Lipinski definition) is 1. The lowest BCUT2D eigenvalue weighted by atomic mass is 10.1. The number of carbonyl (C=O) groups excluding carboxylic acids is 1. The Balaban J connectivity index is 1.61. The third-order valence-corrected chi connectivity index (χ3v) is 4.30. The summed E-state index contributed by atoms with van der Waals surface area (Å²) in [6.45, 7) is 2.46. The molecule has 1 heterocycles. The Hall–Kier alpha value is -3.28. The van der Waals surface area contributed by atoms with Gasteiger partial charge in [-0.25, -0.2) is 4.68 Å². The first-order valence-corrected chi connectivity index (χ1v) is 8.73. The summed E-state index contributed by atoms with van der Waals surface area (Å²) in [5, 5.41) is 7.35. The summed E-state index contributed by atoms with van der Waals surface area (Å²) in [4.78, 5) is 12.4. The Morgan fingerprint density at radius 2 is 1.59 bits per heavy atom. The minimum Gasteiger partial charge on any atom is -0.497 e. The molecule has 2 aromatic carbocycles. The van der Waals surface area contributed by atoms with Gasteiger partial charge in [0.05, 0.1) is 19.9 Å². The molecule has 0 atom stereocenters. The highest BCUT2D eigenvalue weighted by molar-refractivity contribution is 5.92. The maximum atomic E-state index is 12.4. The number of carbonyl (C=O) groups is 1. The fraction of sp³-hybridized carbons (Fsp3) is 0.238. The smallest absolute Gasteiger partial charge is 0.271 e. The van der Waals surface area contributed by atoms with Crippen molar-refractivity contribution in [2.24, 2.45) is 0 Å². The minimum absolute atomic E-state index is 0.182. The van der Waals surface area contributed by atoms with Crippen LogP contribution >= 0.6 is 0 Å². The summed E-state index contributed by atoms with van der Waals surface area (Å²) in [7, 11) is 3.27. The standard InChI is InChI=1S/C21H23N3O3/c1-15-14-20(23-24(15)17-6-10-19(27-3)11-7-17)21(25)22-13-12-16-4-8-18(26-2)9-5-16/h4-11,14H,12-13H2,1-3H3,(H,22,25). The maximum Gasteiger partial charge on any atom is 0.271 e. The Kier molecular flexibility index (Phi) is 5.76. The molecule has 140 valence electrons. The van der Waals surface area contributed by atoms with Gasteiger partial charge in [0.2, 0.25) is 0 Å². The van der Waals surface area contributed by atoms with Crippen molar-refractivity contribution in [2.45, 2.75) is 13.3 Å². The molecule has 1 amide bonds. The molecule has 3 aromatic rings. The number of ether oxygens (including phenoxy) is 2. The number of rotatable bonds is 7. The molecule has 0 aliphatic carbocycles. The van der Waals surface area contributed by atoms with Crippen molar-refractivity contribution in [1.29, 1.82) is 0 Å². The number of amides is 1. The van der Waals surface area contributed by atoms with Crippen LogP contribution in [0.3, 0.4) is 0 Å². The molecule has 6 heteroatoms. The predicted octanol–water partition coefficient (Wildman–Crippen LogP) is 3.17. The molecule has 0 aliphatic heterocycles. The van der Waals surface area contributed by atoms with E-state index in [1.807, 2.05) is 55.5 Å². The van der Waals surface area contributed by atoms with Crippen LogP contribution in [0.15, 0.2) is 54.6 Å². The zero-order chi connectivity index (χ0) is 19.2. The van der Waals surface area contributed by atoms with Gasteiger partial charge in [0.25, 0.3) is 5.91 Å². The summed E-state index contributed by atoms with van der Waals surface area (Å²) in [5.41, 5.74) is 3.31. The van der Waals surface area contributed by atoms with Crippen LogP contribution in [0.5, 0.6) is 11.5 Å². The summed E-state index contributed by atoms with van der Waals surface area (Å²) in [5.74, 6) is 1.42. The van der Waals surface area contributed by atoms with Crippen molar-refractivity contribution >= 4 is 5.91 Å². The van der Waals surface area contributed by atoms with Gasteiger partial charge in [-0.1, -0.05) is 12.1 Å². The minimum atomic E-state index is -0.182. The highest BCUT2D eigenvalue weighted by atomic mass is 16.5. The highest BCUT2D eigenvalue weighted by Crippen LogP contribution is 2.17. The second kappa shape index (κ2) is 8.40. The molecule has 0 spiro atoms. The fourth-order valence-corrected chi connectivity index (χ4v) is 2.77. The van der Waals surface area contributed by atoms with E-state index in [-0.39, 0.29) is 5.91 Å². The molecule has 0 saturated carbocycles. The van der Waals surface area contributed by atoms with E-state index in [9.17, 15) is 4.79 Å². The van der Waals surface area contributed by atoms with Crippen LogP contribution in [0.25, 0.3) is 5.69 Å². The first-order valence-electron chi connectivity index (χ1n) is 8.73. The lowest BCUT2D eigenvalue weighted by Gasteiger charge is -2.06. The van der Waals surface area contributed by atoms with E-state index >= 15 is 0 Å². The van der Waals surface area contributed by atoms with E-state index < -0.39 is 0 Å². The zero-order valence-electron chi connectivity index (χ0n) is 15.7. The first-order chi connectivity index (χ1) is 13.1. The molecule has 0 aliphatic rings. The topological polar surface area (TPSA) is 65.4 Å². The molecule has 0 unspecified atom stereocenters. The average molecular weight is 365 g/mol. The number of hydrogen-bond acceptors (Lipinski definition) is 4. The van der Waals surface area contributed by atoms with E-state index in [4.69, 9.17) is 9.47 Å². The Morgan fingerprint density at radius 3 is 2.19 bits per heavy atom. The Bertz CT molecular complexity index is 899. The second-order valence-corrected chi connectivity index (χ2v) is 6.13. The zero-order valence-corrected chi connectivity index (χ0v) is 15.7. The number of methoxy groups -OCH3 is 2. The van der Waals surface area contributed by atoms with Crippen LogP contribution in [0.1, 0.15) is 21.7 Å². The predicted molar refractivity (Wildman–Crippen MR) is 104 cm³/mol. The van der Waals surface area contributed by atoms with Crippen LogP contribution < -0.4 is 14.8 Å². The molecule has 27 heavy (non-hydrogen) atoms. The van der Waals surface area contributed by atoms with Crippen molar-refractivity contribution in [3.8, 4) is 17.2 Å². The van der Waals surface area contributed by atoms with Crippen LogP contribution in [0.4, 0.5) is 0 Å². The molecular formula is C21H23N3O3. The fourth-order valence-electron chi connectivity index (χ4n) is 2.77. The molecule has 3 rings (SSSR count). The van der Waals surface area contributed by atoms with Crippen molar-refractivity contribution in [2.75, 3.05) is 20.8 Å². The summed E-state index contributed by atoms with van der Waals surface area (Å²) in [6, 6.07) is 17.1. The quantitative estimate of drug-likeness (QED) is 0.698. The van der Waals surface area contributed by atoms with Crippen molar-refractivity contribution in [3.05, 3.63) is 71.5 Å². The van der Waals surface area contributed by atoms with Gasteiger partial charge in [-0.3, -0.25) is 4.79 Å². The summed E-state index contributed by atoms with van der Waals surface area (Å²) < 4.78 is 12.1. The van der Waals surface area contributed by atoms with Crippen LogP contribution in [-0.4, -0.2) is 36.5 Å².